The fraction of sp³-hybridized carbons (Fsp3) is 0.417. The highest BCUT2D eigenvalue weighted by Gasteiger charge is 2.34. The zero-order chi connectivity index (χ0) is 14.8. The molecule has 8 heteroatoms. The van der Waals surface area contributed by atoms with Crippen LogP contribution in [0.15, 0.2) is 11.6 Å². The molecule has 0 N–H and O–H groups in total. The first-order valence-electron chi connectivity index (χ1n) is 6.01. The molecule has 0 aliphatic rings. The smallest absolute Gasteiger partial charge is 0.298 e. The van der Waals surface area contributed by atoms with Crippen LogP contribution < -0.4 is 0 Å². The summed E-state index contributed by atoms with van der Waals surface area (Å²) in [5.74, 6) is 0. The third-order valence-corrected chi connectivity index (χ3v) is 3.50. The van der Waals surface area contributed by atoms with E-state index < -0.39 is 11.9 Å². The van der Waals surface area contributed by atoms with Crippen LogP contribution in [0.2, 0.25) is 0 Å². The number of rotatable bonds is 5. The van der Waals surface area contributed by atoms with Crippen molar-refractivity contribution in [3.05, 3.63) is 22.8 Å². The highest BCUT2D eigenvalue weighted by Crippen LogP contribution is 2.33. The third kappa shape index (κ3) is 3.06. The van der Waals surface area contributed by atoms with Crippen LogP contribution in [0.1, 0.15) is 35.8 Å². The Morgan fingerprint density at radius 3 is 2.75 bits per heavy atom. The van der Waals surface area contributed by atoms with E-state index in [1.165, 1.54) is 6.20 Å². The maximum absolute atomic E-state index is 12.5. The van der Waals surface area contributed by atoms with Crippen LogP contribution in [0.25, 0.3) is 10.7 Å². The SMILES string of the molecule is CCCCn1cc(C=O)c(-c2nc(C(F)(F)F)cs2)n1. The zero-order valence-electron chi connectivity index (χ0n) is 10.6. The molecule has 0 fully saturated rings. The van der Waals surface area contributed by atoms with Gasteiger partial charge in [0, 0.05) is 18.1 Å². The lowest BCUT2D eigenvalue weighted by atomic mass is 10.3. The van der Waals surface area contributed by atoms with Gasteiger partial charge in [0.05, 0.1) is 5.56 Å². The number of carbonyl (C=O) groups excluding carboxylic acids is 1. The molecular formula is C12H12F3N3OS. The Morgan fingerprint density at radius 1 is 1.45 bits per heavy atom. The van der Waals surface area contributed by atoms with Crippen LogP contribution in [0.3, 0.4) is 0 Å². The predicted molar refractivity (Wildman–Crippen MR) is 68.6 cm³/mol. The molecule has 0 saturated heterocycles. The second-order valence-electron chi connectivity index (χ2n) is 4.20. The van der Waals surface area contributed by atoms with Crippen molar-refractivity contribution in [3.63, 3.8) is 0 Å². The molecule has 2 heterocycles. The van der Waals surface area contributed by atoms with E-state index in [-0.39, 0.29) is 16.3 Å². The number of aryl methyl sites for hydroxylation is 1. The van der Waals surface area contributed by atoms with Gasteiger partial charge in [0.15, 0.2) is 12.0 Å². The molecule has 0 spiro atoms. The van der Waals surface area contributed by atoms with Crippen LogP contribution in [-0.4, -0.2) is 21.1 Å². The number of hydrogen-bond acceptors (Lipinski definition) is 4. The van der Waals surface area contributed by atoms with Crippen molar-refractivity contribution in [2.24, 2.45) is 0 Å². The minimum Gasteiger partial charge on any atom is -0.298 e. The Kier molecular flexibility index (Phi) is 4.22. The molecule has 0 aliphatic heterocycles. The van der Waals surface area contributed by atoms with E-state index in [2.05, 4.69) is 10.1 Å². The number of hydrogen-bond donors (Lipinski definition) is 0. The molecule has 0 bridgehead atoms. The molecule has 0 amide bonds. The summed E-state index contributed by atoms with van der Waals surface area (Å²) in [5.41, 5.74) is -0.502. The lowest BCUT2D eigenvalue weighted by Gasteiger charge is -1.99. The van der Waals surface area contributed by atoms with Gasteiger partial charge in [-0.1, -0.05) is 13.3 Å². The van der Waals surface area contributed by atoms with Gasteiger partial charge in [-0.25, -0.2) is 4.98 Å². The minimum atomic E-state index is -4.49. The average Bonchev–Trinajstić information content (AvgIpc) is 3.01. The van der Waals surface area contributed by atoms with Gasteiger partial charge in [0.1, 0.15) is 10.7 Å². The second kappa shape index (κ2) is 5.74. The van der Waals surface area contributed by atoms with E-state index in [9.17, 15) is 18.0 Å². The van der Waals surface area contributed by atoms with E-state index in [0.717, 1.165) is 29.6 Å². The maximum Gasteiger partial charge on any atom is 0.434 e. The van der Waals surface area contributed by atoms with Crippen molar-refractivity contribution in [1.29, 1.82) is 0 Å². The fourth-order valence-electron chi connectivity index (χ4n) is 1.64. The van der Waals surface area contributed by atoms with E-state index >= 15 is 0 Å². The monoisotopic (exact) mass is 303 g/mol. The van der Waals surface area contributed by atoms with Crippen LogP contribution >= 0.6 is 11.3 Å². The Labute approximate surface area is 117 Å². The molecular weight excluding hydrogens is 291 g/mol. The molecule has 0 atom stereocenters. The van der Waals surface area contributed by atoms with Crippen LogP contribution in [0, 0.1) is 0 Å². The molecule has 108 valence electrons. The summed E-state index contributed by atoms with van der Waals surface area (Å²) in [5, 5.41) is 5.18. The van der Waals surface area contributed by atoms with Crippen LogP contribution in [-0.2, 0) is 12.7 Å². The van der Waals surface area contributed by atoms with Crippen molar-refractivity contribution in [2.45, 2.75) is 32.5 Å². The number of unbranched alkanes of at least 4 members (excludes halogenated alkanes) is 1. The highest BCUT2D eigenvalue weighted by atomic mass is 32.1. The van der Waals surface area contributed by atoms with Crippen LogP contribution in [0.5, 0.6) is 0 Å². The van der Waals surface area contributed by atoms with E-state index in [0.29, 0.717) is 12.8 Å². The molecule has 0 radical (unpaired) electrons. The van der Waals surface area contributed by atoms with Crippen molar-refractivity contribution in [1.82, 2.24) is 14.8 Å². The summed E-state index contributed by atoms with van der Waals surface area (Å²) in [7, 11) is 0. The average molecular weight is 303 g/mol. The molecule has 0 aromatic carbocycles. The molecule has 0 unspecified atom stereocenters. The Hall–Kier alpha value is -1.70. The third-order valence-electron chi connectivity index (χ3n) is 2.65. The first-order valence-corrected chi connectivity index (χ1v) is 6.89. The Balaban J connectivity index is 2.34. The number of thiazole rings is 1. The van der Waals surface area contributed by atoms with Gasteiger partial charge in [-0.15, -0.1) is 11.3 Å². The molecule has 2 rings (SSSR count). The molecule has 0 aliphatic carbocycles. The number of aromatic nitrogens is 3. The van der Waals surface area contributed by atoms with E-state index in [4.69, 9.17) is 0 Å². The van der Waals surface area contributed by atoms with Gasteiger partial charge in [0.25, 0.3) is 0 Å². The molecule has 2 aromatic rings. The summed E-state index contributed by atoms with van der Waals surface area (Å²) in [6.45, 7) is 2.64. The van der Waals surface area contributed by atoms with Crippen molar-refractivity contribution >= 4 is 17.6 Å². The number of nitrogens with zero attached hydrogens (tertiary/aromatic N) is 3. The Morgan fingerprint density at radius 2 is 2.20 bits per heavy atom. The number of alkyl halides is 3. The Bertz CT molecular complexity index is 603. The summed E-state index contributed by atoms with van der Waals surface area (Å²) in [6, 6.07) is 0. The minimum absolute atomic E-state index is 0.106. The quantitative estimate of drug-likeness (QED) is 0.792. The van der Waals surface area contributed by atoms with Crippen molar-refractivity contribution in [2.75, 3.05) is 0 Å². The van der Waals surface area contributed by atoms with Gasteiger partial charge >= 0.3 is 6.18 Å². The largest absolute Gasteiger partial charge is 0.434 e. The summed E-state index contributed by atoms with van der Waals surface area (Å²) < 4.78 is 39.1. The van der Waals surface area contributed by atoms with Gasteiger partial charge in [0.2, 0.25) is 0 Å². The molecule has 0 saturated carbocycles. The molecule has 20 heavy (non-hydrogen) atoms. The molecule has 4 nitrogen and oxygen atoms in total. The number of carbonyl (C=O) groups is 1. The van der Waals surface area contributed by atoms with Gasteiger partial charge in [-0.3, -0.25) is 9.48 Å². The van der Waals surface area contributed by atoms with Gasteiger partial charge < -0.3 is 0 Å². The van der Waals surface area contributed by atoms with Crippen molar-refractivity contribution in [3.8, 4) is 10.7 Å². The second-order valence-corrected chi connectivity index (χ2v) is 5.06. The molecule has 2 aromatic heterocycles. The highest BCUT2D eigenvalue weighted by molar-refractivity contribution is 7.13. The van der Waals surface area contributed by atoms with Gasteiger partial charge in [-0.05, 0) is 6.42 Å². The predicted octanol–water partition coefficient (Wildman–Crippen LogP) is 3.64. The lowest BCUT2D eigenvalue weighted by molar-refractivity contribution is -0.140. The van der Waals surface area contributed by atoms with Gasteiger partial charge in [-0.2, -0.15) is 18.3 Å². The standard InChI is InChI=1S/C12H12F3N3OS/c1-2-3-4-18-5-8(6-19)10(17-18)11-16-9(7-20-11)12(13,14)15/h5-7H,2-4H2,1H3. The number of halogens is 3. The zero-order valence-corrected chi connectivity index (χ0v) is 11.5. The summed E-state index contributed by atoms with van der Waals surface area (Å²) in [4.78, 5) is 14.5. The summed E-state index contributed by atoms with van der Waals surface area (Å²) in [6.07, 6.45) is -0.529. The topological polar surface area (TPSA) is 47.8 Å². The van der Waals surface area contributed by atoms with E-state index in [1.807, 2.05) is 6.92 Å². The first-order chi connectivity index (χ1) is 9.45. The van der Waals surface area contributed by atoms with E-state index in [1.54, 1.807) is 4.68 Å². The van der Waals surface area contributed by atoms with Crippen molar-refractivity contribution < 1.29 is 18.0 Å². The number of aldehydes is 1. The first kappa shape index (κ1) is 14.7. The normalized spacial score (nSPS) is 11.8. The summed E-state index contributed by atoms with van der Waals surface area (Å²) >= 11 is 0.830. The fourth-order valence-corrected chi connectivity index (χ4v) is 2.47. The van der Waals surface area contributed by atoms with Crippen LogP contribution in [0.4, 0.5) is 13.2 Å². The lowest BCUT2D eigenvalue weighted by Crippen LogP contribution is -2.05. The maximum atomic E-state index is 12.5.